The fraction of sp³-hybridized carbons (Fsp3) is 0.261. The summed E-state index contributed by atoms with van der Waals surface area (Å²) >= 11 is 0. The average molecular weight is 526 g/mol. The highest BCUT2D eigenvalue weighted by Gasteiger charge is 2.39. The first-order chi connectivity index (χ1) is 17.0. The lowest BCUT2D eigenvalue weighted by molar-refractivity contribution is -0.137. The second-order valence-electron chi connectivity index (χ2n) is 8.04. The Hall–Kier alpha value is -3.45. The van der Waals surface area contributed by atoms with E-state index >= 15 is 0 Å². The van der Waals surface area contributed by atoms with Gasteiger partial charge in [-0.3, -0.25) is 4.79 Å². The van der Waals surface area contributed by atoms with Gasteiger partial charge in [-0.1, -0.05) is 12.1 Å². The van der Waals surface area contributed by atoms with Crippen LogP contribution in [-0.2, 0) is 27.5 Å². The molecule has 2 heterocycles. The van der Waals surface area contributed by atoms with Crippen molar-refractivity contribution in [2.24, 2.45) is 0 Å². The van der Waals surface area contributed by atoms with E-state index in [0.717, 1.165) is 22.5 Å². The number of sulfonamides is 1. The minimum Gasteiger partial charge on any atom is -0.349 e. The number of nitrogens with zero attached hydrogens (tertiary/aromatic N) is 3. The van der Waals surface area contributed by atoms with Crippen LogP contribution < -0.4 is 5.32 Å². The number of carbonyl (C=O) groups excluding carboxylic acids is 1. The van der Waals surface area contributed by atoms with E-state index in [1.54, 1.807) is 0 Å². The quantitative estimate of drug-likeness (QED) is 0.492. The zero-order valence-corrected chi connectivity index (χ0v) is 19.3. The largest absolute Gasteiger partial charge is 0.416 e. The van der Waals surface area contributed by atoms with E-state index < -0.39 is 50.2 Å². The molecule has 0 bridgehead atoms. The number of amides is 1. The zero-order chi connectivity index (χ0) is 26.1. The molecular formula is C23H19F5N4O3S. The van der Waals surface area contributed by atoms with Crippen LogP contribution >= 0.6 is 0 Å². The highest BCUT2D eigenvalue weighted by atomic mass is 32.2. The standard InChI is InChI=1S/C23H19F5N4O3S/c24-18-8-7-17(11-19(18)25)36(34,35)32-9-1-2-21(32)22(33)29-12-16-10-20(31-13-30-16)14-3-5-15(6-4-14)23(26,27)28/h3-8,10-11,13,21H,1-2,9,12H2,(H,29,33)/t21-/m0/s1. The predicted octanol–water partition coefficient (Wildman–Crippen LogP) is 3.91. The summed E-state index contributed by atoms with van der Waals surface area (Å²) in [7, 11) is -4.25. The third-order valence-corrected chi connectivity index (χ3v) is 7.58. The van der Waals surface area contributed by atoms with Crippen LogP contribution in [0.5, 0.6) is 0 Å². The average Bonchev–Trinajstić information content (AvgIpc) is 3.35. The summed E-state index contributed by atoms with van der Waals surface area (Å²) in [5, 5.41) is 2.60. The normalized spacial score (nSPS) is 16.8. The van der Waals surface area contributed by atoms with Gasteiger partial charge in [0.1, 0.15) is 12.4 Å². The molecule has 1 aromatic heterocycles. The molecule has 1 aliphatic heterocycles. The molecule has 2 aromatic carbocycles. The summed E-state index contributed by atoms with van der Waals surface area (Å²) in [4.78, 5) is 20.4. The van der Waals surface area contributed by atoms with Gasteiger partial charge in [-0.05, 0) is 49.2 Å². The van der Waals surface area contributed by atoms with E-state index in [2.05, 4.69) is 15.3 Å². The van der Waals surface area contributed by atoms with E-state index in [1.165, 1.54) is 24.5 Å². The summed E-state index contributed by atoms with van der Waals surface area (Å²) in [6, 6.07) is 7.05. The third-order valence-electron chi connectivity index (χ3n) is 5.68. The maximum absolute atomic E-state index is 13.6. The molecule has 0 unspecified atom stereocenters. The maximum atomic E-state index is 13.6. The number of hydrogen-bond acceptors (Lipinski definition) is 5. The second kappa shape index (κ2) is 9.90. The molecule has 1 amide bonds. The molecule has 7 nitrogen and oxygen atoms in total. The summed E-state index contributed by atoms with van der Waals surface area (Å²) in [5.41, 5.74) is 0.303. The smallest absolute Gasteiger partial charge is 0.349 e. The van der Waals surface area contributed by atoms with Crippen molar-refractivity contribution >= 4 is 15.9 Å². The minimum absolute atomic E-state index is 0.0327. The first kappa shape index (κ1) is 25.6. The summed E-state index contributed by atoms with van der Waals surface area (Å²) in [5.74, 6) is -3.11. The molecule has 1 fully saturated rings. The van der Waals surface area contributed by atoms with Crippen LogP contribution in [0.1, 0.15) is 24.1 Å². The lowest BCUT2D eigenvalue weighted by Crippen LogP contribution is -2.45. The van der Waals surface area contributed by atoms with Crippen LogP contribution in [0.3, 0.4) is 0 Å². The lowest BCUT2D eigenvalue weighted by Gasteiger charge is -2.23. The molecule has 0 saturated carbocycles. The van der Waals surface area contributed by atoms with Gasteiger partial charge in [0.15, 0.2) is 11.6 Å². The Morgan fingerprint density at radius 2 is 1.75 bits per heavy atom. The lowest BCUT2D eigenvalue weighted by atomic mass is 10.1. The van der Waals surface area contributed by atoms with Gasteiger partial charge in [0.25, 0.3) is 0 Å². The molecular weight excluding hydrogens is 507 g/mol. The summed E-state index contributed by atoms with van der Waals surface area (Å²) in [6.07, 6.45) is -2.64. The van der Waals surface area contributed by atoms with Gasteiger partial charge in [-0.25, -0.2) is 27.2 Å². The highest BCUT2D eigenvalue weighted by Crippen LogP contribution is 2.31. The van der Waals surface area contributed by atoms with Crippen molar-refractivity contribution in [1.29, 1.82) is 0 Å². The van der Waals surface area contributed by atoms with E-state index in [0.29, 0.717) is 35.5 Å². The molecule has 0 radical (unpaired) electrons. The molecule has 1 atom stereocenters. The molecule has 190 valence electrons. The van der Waals surface area contributed by atoms with E-state index in [-0.39, 0.29) is 19.5 Å². The Morgan fingerprint density at radius 3 is 2.42 bits per heavy atom. The number of rotatable bonds is 6. The van der Waals surface area contributed by atoms with Gasteiger partial charge in [-0.2, -0.15) is 17.5 Å². The molecule has 0 aliphatic carbocycles. The first-order valence-corrected chi connectivity index (χ1v) is 12.1. The molecule has 1 aliphatic rings. The SMILES string of the molecule is O=C(NCc1cc(-c2ccc(C(F)(F)F)cc2)ncn1)[C@@H]1CCCN1S(=O)(=O)c1ccc(F)c(F)c1. The van der Waals surface area contributed by atoms with Crippen molar-refractivity contribution < 1.29 is 35.2 Å². The Morgan fingerprint density at radius 1 is 1.03 bits per heavy atom. The zero-order valence-electron chi connectivity index (χ0n) is 18.5. The van der Waals surface area contributed by atoms with Crippen molar-refractivity contribution in [3.8, 4) is 11.3 Å². The van der Waals surface area contributed by atoms with Crippen LogP contribution in [0, 0.1) is 11.6 Å². The number of nitrogens with one attached hydrogen (secondary N) is 1. The molecule has 1 N–H and O–H groups in total. The number of alkyl halides is 3. The monoisotopic (exact) mass is 526 g/mol. The number of halogens is 5. The first-order valence-electron chi connectivity index (χ1n) is 10.7. The van der Waals surface area contributed by atoms with Crippen LogP contribution in [-0.4, -0.2) is 41.2 Å². The Bertz CT molecular complexity index is 1380. The van der Waals surface area contributed by atoms with E-state index in [4.69, 9.17) is 0 Å². The van der Waals surface area contributed by atoms with Gasteiger partial charge in [0.05, 0.1) is 28.4 Å². The van der Waals surface area contributed by atoms with Crippen LogP contribution in [0.2, 0.25) is 0 Å². The number of aromatic nitrogens is 2. The topological polar surface area (TPSA) is 92.3 Å². The van der Waals surface area contributed by atoms with Crippen LogP contribution in [0.25, 0.3) is 11.3 Å². The van der Waals surface area contributed by atoms with Crippen molar-refractivity contribution in [2.75, 3.05) is 6.54 Å². The molecule has 1 saturated heterocycles. The van der Waals surface area contributed by atoms with Gasteiger partial charge in [0, 0.05) is 12.1 Å². The van der Waals surface area contributed by atoms with Gasteiger partial charge in [-0.15, -0.1) is 0 Å². The van der Waals surface area contributed by atoms with Gasteiger partial charge < -0.3 is 5.32 Å². The number of benzene rings is 2. The molecule has 4 rings (SSSR count). The maximum Gasteiger partial charge on any atom is 0.416 e. The van der Waals surface area contributed by atoms with Crippen molar-refractivity contribution in [2.45, 2.75) is 36.5 Å². The van der Waals surface area contributed by atoms with Crippen molar-refractivity contribution in [3.63, 3.8) is 0 Å². The van der Waals surface area contributed by atoms with E-state index in [1.807, 2.05) is 0 Å². The summed E-state index contributed by atoms with van der Waals surface area (Å²) < 4.78 is 92.0. The number of carbonyl (C=O) groups is 1. The third kappa shape index (κ3) is 5.36. The van der Waals surface area contributed by atoms with Crippen LogP contribution in [0.4, 0.5) is 22.0 Å². The fourth-order valence-electron chi connectivity index (χ4n) is 3.84. The Kier molecular flexibility index (Phi) is 7.05. The summed E-state index contributed by atoms with van der Waals surface area (Å²) in [6.45, 7) is -0.0600. The van der Waals surface area contributed by atoms with E-state index in [9.17, 15) is 35.2 Å². The molecule has 36 heavy (non-hydrogen) atoms. The Balaban J connectivity index is 1.45. The Labute approximate surface area is 203 Å². The van der Waals surface area contributed by atoms with Gasteiger partial charge in [0.2, 0.25) is 15.9 Å². The van der Waals surface area contributed by atoms with Crippen LogP contribution in [0.15, 0.2) is 59.8 Å². The second-order valence-corrected chi connectivity index (χ2v) is 9.93. The van der Waals surface area contributed by atoms with Gasteiger partial charge >= 0.3 is 6.18 Å². The molecule has 3 aromatic rings. The highest BCUT2D eigenvalue weighted by molar-refractivity contribution is 7.89. The molecule has 0 spiro atoms. The number of hydrogen-bond donors (Lipinski definition) is 1. The minimum atomic E-state index is -4.47. The fourth-order valence-corrected chi connectivity index (χ4v) is 5.51. The van der Waals surface area contributed by atoms with Crippen molar-refractivity contribution in [1.82, 2.24) is 19.6 Å². The molecule has 13 heteroatoms. The predicted molar refractivity (Wildman–Crippen MR) is 118 cm³/mol. The van der Waals surface area contributed by atoms with Crippen molar-refractivity contribution in [3.05, 3.63) is 77.8 Å².